The third-order valence-corrected chi connectivity index (χ3v) is 4.82. The molecule has 1 N–H and O–H groups in total. The van der Waals surface area contributed by atoms with Gasteiger partial charge < -0.3 is 19.4 Å². The standard InChI is InChI=1S/C25H26N2O4/c1-4-14-27-18(2)15-21(19(27)3)23(28)16-31-24-13-9-8-12-22(24)26-25(29)17-30-20-10-6-5-7-11-20/h4-13,15H,1,14,16-17H2,2-3H3,(H,26,29). The summed E-state index contributed by atoms with van der Waals surface area (Å²) in [6.07, 6.45) is 1.80. The molecule has 3 aromatic rings. The van der Waals surface area contributed by atoms with Gasteiger partial charge in [-0.3, -0.25) is 9.59 Å². The van der Waals surface area contributed by atoms with Crippen molar-refractivity contribution in [2.45, 2.75) is 20.4 Å². The van der Waals surface area contributed by atoms with Gasteiger partial charge in [-0.2, -0.15) is 0 Å². The summed E-state index contributed by atoms with van der Waals surface area (Å²) in [4.78, 5) is 25.0. The second-order valence-corrected chi connectivity index (χ2v) is 7.04. The first-order chi connectivity index (χ1) is 15.0. The van der Waals surface area contributed by atoms with Gasteiger partial charge in [0.15, 0.2) is 13.2 Å². The average Bonchev–Trinajstić information content (AvgIpc) is 3.06. The number of aryl methyl sites for hydroxylation is 1. The number of rotatable bonds is 10. The Morgan fingerprint density at radius 2 is 1.71 bits per heavy atom. The Bertz CT molecular complexity index is 1070. The van der Waals surface area contributed by atoms with E-state index >= 15 is 0 Å². The number of ether oxygens (including phenoxy) is 2. The minimum Gasteiger partial charge on any atom is -0.484 e. The van der Waals surface area contributed by atoms with E-state index in [0.29, 0.717) is 29.3 Å². The van der Waals surface area contributed by atoms with Gasteiger partial charge in [0.1, 0.15) is 11.5 Å². The highest BCUT2D eigenvalue weighted by atomic mass is 16.5. The number of carbonyl (C=O) groups excluding carboxylic acids is 2. The average molecular weight is 418 g/mol. The second kappa shape index (κ2) is 10.3. The molecular formula is C25H26N2O4. The van der Waals surface area contributed by atoms with Crippen LogP contribution in [0.3, 0.4) is 0 Å². The molecule has 0 unspecified atom stereocenters. The molecule has 1 amide bonds. The number of allylic oxidation sites excluding steroid dienone is 1. The van der Waals surface area contributed by atoms with Crippen molar-refractivity contribution in [2.24, 2.45) is 0 Å². The number of carbonyl (C=O) groups is 2. The molecule has 0 radical (unpaired) electrons. The van der Waals surface area contributed by atoms with Crippen LogP contribution >= 0.6 is 0 Å². The molecule has 31 heavy (non-hydrogen) atoms. The van der Waals surface area contributed by atoms with Crippen molar-refractivity contribution < 1.29 is 19.1 Å². The molecule has 0 atom stereocenters. The van der Waals surface area contributed by atoms with Crippen LogP contribution in [0.15, 0.2) is 73.3 Å². The van der Waals surface area contributed by atoms with Gasteiger partial charge in [-0.05, 0) is 44.2 Å². The summed E-state index contributed by atoms with van der Waals surface area (Å²) >= 11 is 0. The SMILES string of the molecule is C=CCn1c(C)cc(C(=O)COc2ccccc2NC(=O)COc2ccccc2)c1C. The fourth-order valence-electron chi connectivity index (χ4n) is 3.26. The number of hydrogen-bond acceptors (Lipinski definition) is 4. The van der Waals surface area contributed by atoms with Gasteiger partial charge in [0.05, 0.1) is 5.69 Å². The van der Waals surface area contributed by atoms with Gasteiger partial charge in [0.2, 0.25) is 5.78 Å². The summed E-state index contributed by atoms with van der Waals surface area (Å²) in [7, 11) is 0. The Hall–Kier alpha value is -3.80. The summed E-state index contributed by atoms with van der Waals surface area (Å²) in [5.74, 6) is 0.585. The zero-order chi connectivity index (χ0) is 22.2. The number of nitrogens with one attached hydrogen (secondary N) is 1. The van der Waals surface area contributed by atoms with E-state index in [2.05, 4.69) is 11.9 Å². The van der Waals surface area contributed by atoms with Gasteiger partial charge in [-0.15, -0.1) is 6.58 Å². The van der Waals surface area contributed by atoms with Gasteiger partial charge in [-0.1, -0.05) is 36.4 Å². The van der Waals surface area contributed by atoms with Crippen LogP contribution in [0.2, 0.25) is 0 Å². The molecule has 3 rings (SSSR count). The first kappa shape index (κ1) is 21.9. The summed E-state index contributed by atoms with van der Waals surface area (Å²) < 4.78 is 13.2. The third-order valence-electron chi connectivity index (χ3n) is 4.82. The Kier molecular flexibility index (Phi) is 7.27. The summed E-state index contributed by atoms with van der Waals surface area (Å²) in [5.41, 5.74) is 2.98. The fourth-order valence-corrected chi connectivity index (χ4v) is 3.26. The van der Waals surface area contributed by atoms with Gasteiger partial charge in [-0.25, -0.2) is 0 Å². The third kappa shape index (κ3) is 5.63. The zero-order valence-corrected chi connectivity index (χ0v) is 17.8. The van der Waals surface area contributed by atoms with E-state index in [0.717, 1.165) is 11.4 Å². The summed E-state index contributed by atoms with van der Waals surface area (Å²) in [6.45, 7) is 8.00. The number of nitrogens with zero attached hydrogens (tertiary/aromatic N) is 1. The van der Waals surface area contributed by atoms with E-state index in [1.54, 1.807) is 42.5 Å². The molecule has 0 spiro atoms. The minimum absolute atomic E-state index is 0.128. The van der Waals surface area contributed by atoms with Crippen LogP contribution in [0.1, 0.15) is 21.7 Å². The Morgan fingerprint density at radius 3 is 2.45 bits per heavy atom. The highest BCUT2D eigenvalue weighted by molar-refractivity contribution is 5.99. The smallest absolute Gasteiger partial charge is 0.262 e. The molecular weight excluding hydrogens is 392 g/mol. The lowest BCUT2D eigenvalue weighted by molar-refractivity contribution is -0.118. The molecule has 0 aliphatic rings. The number of anilines is 1. The molecule has 0 fully saturated rings. The van der Waals surface area contributed by atoms with Gasteiger partial charge >= 0.3 is 0 Å². The molecule has 0 bridgehead atoms. The highest BCUT2D eigenvalue weighted by Crippen LogP contribution is 2.24. The normalized spacial score (nSPS) is 10.4. The van der Waals surface area contributed by atoms with E-state index in [4.69, 9.17) is 9.47 Å². The molecule has 0 aliphatic heterocycles. The summed E-state index contributed by atoms with van der Waals surface area (Å²) in [5, 5.41) is 2.77. The largest absolute Gasteiger partial charge is 0.484 e. The van der Waals surface area contributed by atoms with Gasteiger partial charge in [0, 0.05) is 23.5 Å². The maximum absolute atomic E-state index is 12.7. The molecule has 1 heterocycles. The van der Waals surface area contributed by atoms with E-state index in [1.807, 2.05) is 42.7 Å². The van der Waals surface area contributed by atoms with Crippen LogP contribution in [-0.4, -0.2) is 29.5 Å². The van der Waals surface area contributed by atoms with E-state index in [-0.39, 0.29) is 24.9 Å². The Morgan fingerprint density at radius 1 is 1.00 bits per heavy atom. The summed E-state index contributed by atoms with van der Waals surface area (Å²) in [6, 6.07) is 18.0. The number of aromatic nitrogens is 1. The monoisotopic (exact) mass is 418 g/mol. The lowest BCUT2D eigenvalue weighted by atomic mass is 10.1. The van der Waals surface area contributed by atoms with E-state index in [9.17, 15) is 9.59 Å². The van der Waals surface area contributed by atoms with Crippen LogP contribution in [-0.2, 0) is 11.3 Å². The maximum Gasteiger partial charge on any atom is 0.262 e. The molecule has 2 aromatic carbocycles. The lowest BCUT2D eigenvalue weighted by Gasteiger charge is -2.13. The van der Waals surface area contributed by atoms with Gasteiger partial charge in [0.25, 0.3) is 5.91 Å². The number of Topliss-reactive ketones (excluding diaryl/α,β-unsaturated/α-hetero) is 1. The number of benzene rings is 2. The van der Waals surface area contributed by atoms with Crippen LogP contribution in [0.4, 0.5) is 5.69 Å². The second-order valence-electron chi connectivity index (χ2n) is 7.04. The molecule has 0 saturated carbocycles. The minimum atomic E-state index is -0.320. The van der Waals surface area contributed by atoms with Crippen LogP contribution < -0.4 is 14.8 Å². The fraction of sp³-hybridized carbons (Fsp3) is 0.200. The van der Waals surface area contributed by atoms with Crippen molar-refractivity contribution in [3.05, 3.63) is 90.3 Å². The van der Waals surface area contributed by atoms with Crippen LogP contribution in [0.5, 0.6) is 11.5 Å². The predicted molar refractivity (Wildman–Crippen MR) is 121 cm³/mol. The Balaban J connectivity index is 1.61. The van der Waals surface area contributed by atoms with E-state index < -0.39 is 0 Å². The van der Waals surface area contributed by atoms with Crippen molar-refractivity contribution in [3.8, 4) is 11.5 Å². The van der Waals surface area contributed by atoms with Crippen molar-refractivity contribution in [2.75, 3.05) is 18.5 Å². The zero-order valence-electron chi connectivity index (χ0n) is 17.8. The molecule has 0 aliphatic carbocycles. The van der Waals surface area contributed by atoms with E-state index in [1.165, 1.54) is 0 Å². The molecule has 6 heteroatoms. The quantitative estimate of drug-likeness (QED) is 0.387. The highest BCUT2D eigenvalue weighted by Gasteiger charge is 2.17. The van der Waals surface area contributed by atoms with Crippen molar-refractivity contribution in [3.63, 3.8) is 0 Å². The predicted octanol–water partition coefficient (Wildman–Crippen LogP) is 4.57. The Labute approximate surface area is 182 Å². The molecule has 160 valence electrons. The molecule has 6 nitrogen and oxygen atoms in total. The number of ketones is 1. The van der Waals surface area contributed by atoms with Crippen molar-refractivity contribution in [1.29, 1.82) is 0 Å². The number of amides is 1. The van der Waals surface area contributed by atoms with Crippen molar-refractivity contribution >= 4 is 17.4 Å². The van der Waals surface area contributed by atoms with Crippen LogP contribution in [0, 0.1) is 13.8 Å². The molecule has 1 aromatic heterocycles. The van der Waals surface area contributed by atoms with Crippen molar-refractivity contribution in [1.82, 2.24) is 4.57 Å². The lowest BCUT2D eigenvalue weighted by Crippen LogP contribution is -2.21. The first-order valence-electron chi connectivity index (χ1n) is 10.00. The van der Waals surface area contributed by atoms with Crippen LogP contribution in [0.25, 0.3) is 0 Å². The molecule has 0 saturated heterocycles. The number of hydrogen-bond donors (Lipinski definition) is 1. The topological polar surface area (TPSA) is 69.6 Å². The maximum atomic E-state index is 12.7. The number of para-hydroxylation sites is 3. The first-order valence-corrected chi connectivity index (χ1v) is 10.00.